The molecule has 0 aromatic carbocycles. The first-order valence-corrected chi connectivity index (χ1v) is 4.05. The Kier molecular flexibility index (Phi) is 5.62. The molecular weight excluding hydrogens is 200 g/mol. The summed E-state index contributed by atoms with van der Waals surface area (Å²) in [4.78, 5) is 14.4. The zero-order chi connectivity index (χ0) is 9.84. The number of carbonyl (C=O) groups is 1. The molecule has 0 radical (unpaired) electrons. The molecule has 72 valence electrons. The van der Waals surface area contributed by atoms with E-state index in [0.717, 1.165) is 0 Å². The number of ether oxygens (including phenoxy) is 1. The van der Waals surface area contributed by atoms with Gasteiger partial charge in [-0.3, -0.25) is 0 Å². The van der Waals surface area contributed by atoms with E-state index in [1.54, 1.807) is 6.92 Å². The van der Waals surface area contributed by atoms with Gasteiger partial charge in [-0.05, 0) is 19.1 Å². The first-order chi connectivity index (χ1) is 6.15. The van der Waals surface area contributed by atoms with Crippen LogP contribution >= 0.6 is 11.6 Å². The van der Waals surface area contributed by atoms with E-state index in [9.17, 15) is 4.79 Å². The Morgan fingerprint density at radius 3 is 2.79 bits per heavy atom. The molecule has 0 atom stereocenters. The second-order valence-corrected chi connectivity index (χ2v) is 2.61. The van der Waals surface area contributed by atoms with E-state index in [1.165, 1.54) is 12.1 Å². The second-order valence-electron chi connectivity index (χ2n) is 2.22. The van der Waals surface area contributed by atoms with Gasteiger partial charge in [0.1, 0.15) is 10.7 Å². The fourth-order valence-corrected chi connectivity index (χ4v) is 0.967. The first-order valence-electron chi connectivity index (χ1n) is 3.67. The van der Waals surface area contributed by atoms with Crippen LogP contribution in [0.2, 0.25) is 5.15 Å². The van der Waals surface area contributed by atoms with Crippen LogP contribution in [-0.2, 0) is 0 Å². The van der Waals surface area contributed by atoms with Crippen LogP contribution in [0.1, 0.15) is 17.3 Å². The number of aromatic nitrogens is 1. The van der Waals surface area contributed by atoms with Crippen molar-refractivity contribution in [2.75, 3.05) is 6.61 Å². The number of pyridine rings is 1. The van der Waals surface area contributed by atoms with E-state index in [-0.39, 0.29) is 35.5 Å². The van der Waals surface area contributed by atoms with Crippen LogP contribution in [0.25, 0.3) is 0 Å². The fourth-order valence-electron chi connectivity index (χ4n) is 0.827. The third-order valence-electron chi connectivity index (χ3n) is 1.34. The van der Waals surface area contributed by atoms with Crippen LogP contribution in [-0.4, -0.2) is 41.5 Å². The summed E-state index contributed by atoms with van der Waals surface area (Å²) < 4.78 is 5.00. The molecule has 0 aliphatic rings. The molecule has 6 heteroatoms. The summed E-state index contributed by atoms with van der Waals surface area (Å²) in [7, 11) is 0. The van der Waals surface area contributed by atoms with Crippen molar-refractivity contribution in [2.24, 2.45) is 0 Å². The van der Waals surface area contributed by atoms with Crippen LogP contribution in [0.3, 0.4) is 0 Å². The maximum atomic E-state index is 10.6. The molecule has 14 heavy (non-hydrogen) atoms. The summed E-state index contributed by atoms with van der Waals surface area (Å²) in [6.45, 7) is 2.10. The molecule has 0 saturated heterocycles. The zero-order valence-corrected chi connectivity index (χ0v) is 7.71. The number of rotatable bonds is 3. The number of halogens is 1. The molecular formula is C8H9ClLiNO3. The number of carboxylic acid groups (broad SMARTS) is 1. The van der Waals surface area contributed by atoms with E-state index in [0.29, 0.717) is 6.61 Å². The van der Waals surface area contributed by atoms with Crippen molar-refractivity contribution in [3.63, 3.8) is 0 Å². The van der Waals surface area contributed by atoms with Gasteiger partial charge in [-0.25, -0.2) is 9.78 Å². The topological polar surface area (TPSA) is 59.4 Å². The first kappa shape index (κ1) is 13.3. The van der Waals surface area contributed by atoms with Crippen LogP contribution < -0.4 is 4.74 Å². The number of aromatic carboxylic acids is 1. The van der Waals surface area contributed by atoms with Gasteiger partial charge >= 0.3 is 24.8 Å². The quantitative estimate of drug-likeness (QED) is 0.600. The van der Waals surface area contributed by atoms with Crippen LogP contribution in [0.4, 0.5) is 0 Å². The molecule has 0 aliphatic heterocycles. The molecule has 4 nitrogen and oxygen atoms in total. The molecule has 0 unspecified atom stereocenters. The summed E-state index contributed by atoms with van der Waals surface area (Å²) in [6, 6.07) is 2.77. The number of hydrogen-bond acceptors (Lipinski definition) is 3. The van der Waals surface area contributed by atoms with Gasteiger partial charge in [0.25, 0.3) is 0 Å². The van der Waals surface area contributed by atoms with Gasteiger partial charge in [0.05, 0.1) is 6.61 Å². The number of carboxylic acids is 1. The second kappa shape index (κ2) is 5.92. The molecule has 1 rings (SSSR count). The summed E-state index contributed by atoms with van der Waals surface area (Å²) in [5.74, 6) is -1.02. The van der Waals surface area contributed by atoms with E-state index in [1.807, 2.05) is 0 Å². The van der Waals surface area contributed by atoms with Crippen molar-refractivity contribution >= 4 is 36.4 Å². The van der Waals surface area contributed by atoms with Gasteiger partial charge in [-0.1, -0.05) is 11.6 Å². The molecule has 0 amide bonds. The van der Waals surface area contributed by atoms with Crippen LogP contribution in [0.5, 0.6) is 5.88 Å². The summed E-state index contributed by atoms with van der Waals surface area (Å²) in [5.41, 5.74) is 0.0197. The third-order valence-corrected chi connectivity index (χ3v) is 1.55. The Morgan fingerprint density at radius 2 is 2.29 bits per heavy atom. The van der Waals surface area contributed by atoms with Crippen molar-refractivity contribution in [2.45, 2.75) is 6.92 Å². The normalized spacial score (nSPS) is 9.00. The van der Waals surface area contributed by atoms with E-state index >= 15 is 0 Å². The average molecular weight is 210 g/mol. The van der Waals surface area contributed by atoms with Gasteiger partial charge in [-0.15, -0.1) is 0 Å². The van der Waals surface area contributed by atoms with Crippen molar-refractivity contribution in [3.8, 4) is 5.88 Å². The summed E-state index contributed by atoms with van der Waals surface area (Å²) >= 11 is 5.57. The minimum absolute atomic E-state index is 0. The molecule has 1 aromatic rings. The van der Waals surface area contributed by atoms with Gasteiger partial charge in [0, 0.05) is 0 Å². The minimum atomic E-state index is -1.08. The Balaban J connectivity index is 0.00000169. The van der Waals surface area contributed by atoms with E-state index in [2.05, 4.69) is 4.98 Å². The summed E-state index contributed by atoms with van der Waals surface area (Å²) in [6.07, 6.45) is 0. The van der Waals surface area contributed by atoms with Crippen LogP contribution in [0, 0.1) is 0 Å². The fraction of sp³-hybridized carbons (Fsp3) is 0.250. The molecule has 0 spiro atoms. The van der Waals surface area contributed by atoms with Gasteiger partial charge < -0.3 is 9.84 Å². The zero-order valence-electron chi connectivity index (χ0n) is 6.95. The van der Waals surface area contributed by atoms with E-state index < -0.39 is 5.97 Å². The predicted molar refractivity (Wildman–Crippen MR) is 54.5 cm³/mol. The van der Waals surface area contributed by atoms with Crippen molar-refractivity contribution in [1.82, 2.24) is 4.98 Å². The third kappa shape index (κ3) is 3.22. The molecule has 0 fully saturated rings. The Hall–Kier alpha value is -0.693. The standard InChI is InChI=1S/C8H8ClNO3.Li.H/c1-2-13-7-5(8(11)12)3-4-6(9)10-7;;/h3-4H,2H2,1H3,(H,11,12);;. The monoisotopic (exact) mass is 209 g/mol. The molecule has 1 N–H and O–H groups in total. The number of nitrogens with zero attached hydrogens (tertiary/aromatic N) is 1. The van der Waals surface area contributed by atoms with E-state index in [4.69, 9.17) is 21.4 Å². The molecule has 1 aromatic heterocycles. The molecule has 1 heterocycles. The molecule has 0 saturated carbocycles. The average Bonchev–Trinajstić information content (AvgIpc) is 2.04. The SMILES string of the molecule is CCOc1nc(Cl)ccc1C(=O)O.[LiH]. The van der Waals surface area contributed by atoms with Crippen LogP contribution in [0.15, 0.2) is 12.1 Å². The Bertz CT molecular complexity index is 332. The predicted octanol–water partition coefficient (Wildman–Crippen LogP) is 1.18. The maximum absolute atomic E-state index is 10.6. The number of hydrogen-bond donors (Lipinski definition) is 1. The van der Waals surface area contributed by atoms with Gasteiger partial charge in [0.2, 0.25) is 5.88 Å². The molecule has 0 aliphatic carbocycles. The molecule has 0 bridgehead atoms. The van der Waals surface area contributed by atoms with Crippen molar-refractivity contribution in [3.05, 3.63) is 22.8 Å². The van der Waals surface area contributed by atoms with Gasteiger partial charge in [-0.2, -0.15) is 0 Å². The Morgan fingerprint density at radius 1 is 1.64 bits per heavy atom. The Labute approximate surface area is 98.4 Å². The van der Waals surface area contributed by atoms with Crippen molar-refractivity contribution in [1.29, 1.82) is 0 Å². The van der Waals surface area contributed by atoms with Crippen molar-refractivity contribution < 1.29 is 14.6 Å². The van der Waals surface area contributed by atoms with Gasteiger partial charge in [0.15, 0.2) is 0 Å². The summed E-state index contributed by atoms with van der Waals surface area (Å²) in [5, 5.41) is 8.94.